The zero-order chi connectivity index (χ0) is 13.5. The first-order valence-electron chi connectivity index (χ1n) is 6.23. The molecule has 2 aromatic rings. The zero-order valence-electron chi connectivity index (χ0n) is 10.6. The van der Waals surface area contributed by atoms with Crippen LogP contribution in [0.4, 0.5) is 4.39 Å². The number of nitrogens with zero attached hydrogens (tertiary/aromatic N) is 1. The molecule has 0 fully saturated rings. The number of hydrogen-bond acceptors (Lipinski definition) is 2. The highest BCUT2D eigenvalue weighted by Gasteiger charge is 2.03. The predicted octanol–water partition coefficient (Wildman–Crippen LogP) is 3.03. The van der Waals surface area contributed by atoms with Crippen LogP contribution in [0.2, 0.25) is 0 Å². The lowest BCUT2D eigenvalue weighted by Crippen LogP contribution is -2.17. The van der Waals surface area contributed by atoms with Crippen molar-refractivity contribution >= 4 is 0 Å². The van der Waals surface area contributed by atoms with E-state index < -0.39 is 0 Å². The second-order valence-electron chi connectivity index (χ2n) is 4.33. The minimum atomic E-state index is -0.307. The molecule has 2 nitrogen and oxygen atoms in total. The van der Waals surface area contributed by atoms with Gasteiger partial charge in [0.1, 0.15) is 5.82 Å². The van der Waals surface area contributed by atoms with Crippen LogP contribution >= 0.6 is 0 Å². The summed E-state index contributed by atoms with van der Waals surface area (Å²) >= 11 is 0. The van der Waals surface area contributed by atoms with E-state index in [0.717, 1.165) is 13.0 Å². The lowest BCUT2D eigenvalue weighted by molar-refractivity contribution is 0.619. The van der Waals surface area contributed by atoms with Crippen LogP contribution in [-0.2, 0) is 13.0 Å². The molecule has 0 amide bonds. The van der Waals surface area contributed by atoms with Crippen molar-refractivity contribution in [2.75, 3.05) is 6.54 Å². The van der Waals surface area contributed by atoms with Gasteiger partial charge in [-0.15, -0.1) is 0 Å². The number of nitriles is 1. The second-order valence-corrected chi connectivity index (χ2v) is 4.33. The van der Waals surface area contributed by atoms with Crippen molar-refractivity contribution in [3.05, 3.63) is 71.0 Å². The molecular weight excluding hydrogens is 239 g/mol. The quantitative estimate of drug-likeness (QED) is 0.832. The molecule has 19 heavy (non-hydrogen) atoms. The molecule has 0 aliphatic carbocycles. The van der Waals surface area contributed by atoms with Crippen molar-refractivity contribution in [2.45, 2.75) is 13.0 Å². The maximum Gasteiger partial charge on any atom is 0.123 e. The van der Waals surface area contributed by atoms with Crippen LogP contribution in [-0.4, -0.2) is 6.54 Å². The van der Waals surface area contributed by atoms with Crippen LogP contribution in [0.1, 0.15) is 16.7 Å². The van der Waals surface area contributed by atoms with Gasteiger partial charge in [-0.25, -0.2) is 4.39 Å². The van der Waals surface area contributed by atoms with E-state index in [1.807, 2.05) is 18.2 Å². The lowest BCUT2D eigenvalue weighted by Gasteiger charge is -2.07. The first-order chi connectivity index (χ1) is 9.29. The highest BCUT2D eigenvalue weighted by Crippen LogP contribution is 2.10. The van der Waals surface area contributed by atoms with Gasteiger partial charge < -0.3 is 5.32 Å². The molecule has 0 saturated carbocycles. The van der Waals surface area contributed by atoms with E-state index >= 15 is 0 Å². The highest BCUT2D eigenvalue weighted by molar-refractivity contribution is 5.37. The van der Waals surface area contributed by atoms with Crippen molar-refractivity contribution < 1.29 is 4.39 Å². The minimum Gasteiger partial charge on any atom is -0.312 e. The first-order valence-corrected chi connectivity index (χ1v) is 6.23. The Morgan fingerprint density at radius 3 is 2.63 bits per heavy atom. The Labute approximate surface area is 112 Å². The first kappa shape index (κ1) is 13.3. The van der Waals surface area contributed by atoms with E-state index in [1.165, 1.54) is 23.8 Å². The topological polar surface area (TPSA) is 35.8 Å². The minimum absolute atomic E-state index is 0.307. The molecule has 0 bridgehead atoms. The molecule has 0 heterocycles. The van der Waals surface area contributed by atoms with Crippen molar-refractivity contribution in [1.82, 2.24) is 5.32 Å². The van der Waals surface area contributed by atoms with E-state index in [0.29, 0.717) is 17.7 Å². The van der Waals surface area contributed by atoms with Gasteiger partial charge in [-0.2, -0.15) is 5.26 Å². The fourth-order valence-electron chi connectivity index (χ4n) is 1.92. The summed E-state index contributed by atoms with van der Waals surface area (Å²) in [4.78, 5) is 0. The normalized spacial score (nSPS) is 10.1. The molecule has 96 valence electrons. The summed E-state index contributed by atoms with van der Waals surface area (Å²) in [6, 6.07) is 16.5. The Hall–Kier alpha value is -2.18. The van der Waals surface area contributed by atoms with E-state index in [9.17, 15) is 4.39 Å². The monoisotopic (exact) mass is 254 g/mol. The number of nitrogens with one attached hydrogen (secondary N) is 1. The Morgan fingerprint density at radius 1 is 1.11 bits per heavy atom. The van der Waals surface area contributed by atoms with Crippen molar-refractivity contribution in [3.8, 4) is 6.07 Å². The molecule has 2 aromatic carbocycles. The maximum atomic E-state index is 13.1. The van der Waals surface area contributed by atoms with Crippen LogP contribution in [0.15, 0.2) is 48.5 Å². The smallest absolute Gasteiger partial charge is 0.123 e. The van der Waals surface area contributed by atoms with Gasteiger partial charge in [0.05, 0.1) is 11.6 Å². The van der Waals surface area contributed by atoms with Gasteiger partial charge >= 0.3 is 0 Å². The summed E-state index contributed by atoms with van der Waals surface area (Å²) in [6.45, 7) is 1.30. The van der Waals surface area contributed by atoms with Gasteiger partial charge in [-0.1, -0.05) is 30.3 Å². The number of hydrogen-bond donors (Lipinski definition) is 1. The molecule has 1 N–H and O–H groups in total. The SMILES string of the molecule is N#Cc1ccc(F)cc1CNCCc1ccccc1. The van der Waals surface area contributed by atoms with Crippen LogP contribution in [0.3, 0.4) is 0 Å². The van der Waals surface area contributed by atoms with E-state index in [-0.39, 0.29) is 5.82 Å². The van der Waals surface area contributed by atoms with E-state index in [4.69, 9.17) is 5.26 Å². The van der Waals surface area contributed by atoms with Gasteiger partial charge in [-0.3, -0.25) is 0 Å². The maximum absolute atomic E-state index is 13.1. The molecule has 0 spiro atoms. The largest absolute Gasteiger partial charge is 0.312 e. The third kappa shape index (κ3) is 3.90. The number of benzene rings is 2. The third-order valence-electron chi connectivity index (χ3n) is 2.94. The Kier molecular flexibility index (Phi) is 4.66. The molecule has 2 rings (SSSR count). The number of halogens is 1. The summed E-state index contributed by atoms with van der Waals surface area (Å²) in [6.07, 6.45) is 0.915. The average molecular weight is 254 g/mol. The average Bonchev–Trinajstić information content (AvgIpc) is 2.45. The van der Waals surface area contributed by atoms with E-state index in [2.05, 4.69) is 23.5 Å². The van der Waals surface area contributed by atoms with Gasteiger partial charge in [-0.05, 0) is 42.3 Å². The third-order valence-corrected chi connectivity index (χ3v) is 2.94. The van der Waals surface area contributed by atoms with E-state index in [1.54, 1.807) is 0 Å². The Bertz CT molecular complexity index is 573. The van der Waals surface area contributed by atoms with Crippen LogP contribution < -0.4 is 5.32 Å². The summed E-state index contributed by atoms with van der Waals surface area (Å²) in [5, 5.41) is 12.2. The molecule has 0 atom stereocenters. The predicted molar refractivity (Wildman–Crippen MR) is 73.0 cm³/mol. The highest BCUT2D eigenvalue weighted by atomic mass is 19.1. The fraction of sp³-hybridized carbons (Fsp3) is 0.188. The van der Waals surface area contributed by atoms with Crippen LogP contribution in [0.25, 0.3) is 0 Å². The van der Waals surface area contributed by atoms with Gasteiger partial charge in [0.15, 0.2) is 0 Å². The molecule has 0 aliphatic rings. The van der Waals surface area contributed by atoms with Gasteiger partial charge in [0, 0.05) is 6.54 Å². The zero-order valence-corrected chi connectivity index (χ0v) is 10.6. The Balaban J connectivity index is 1.86. The summed E-state index contributed by atoms with van der Waals surface area (Å²) in [5.41, 5.74) is 2.49. The molecular formula is C16H15FN2. The van der Waals surface area contributed by atoms with Gasteiger partial charge in [0.2, 0.25) is 0 Å². The second kappa shape index (κ2) is 6.67. The van der Waals surface area contributed by atoms with Crippen molar-refractivity contribution in [3.63, 3.8) is 0 Å². The van der Waals surface area contributed by atoms with Gasteiger partial charge in [0.25, 0.3) is 0 Å². The molecule has 0 radical (unpaired) electrons. The fourth-order valence-corrected chi connectivity index (χ4v) is 1.92. The van der Waals surface area contributed by atoms with Crippen LogP contribution in [0.5, 0.6) is 0 Å². The molecule has 0 unspecified atom stereocenters. The summed E-state index contributed by atoms with van der Waals surface area (Å²) in [5.74, 6) is -0.307. The Morgan fingerprint density at radius 2 is 1.89 bits per heavy atom. The van der Waals surface area contributed by atoms with Crippen LogP contribution in [0, 0.1) is 17.1 Å². The standard InChI is InChI=1S/C16H15FN2/c17-16-7-6-14(11-18)15(10-16)12-19-9-8-13-4-2-1-3-5-13/h1-7,10,19H,8-9,12H2. The number of rotatable bonds is 5. The summed E-state index contributed by atoms with van der Waals surface area (Å²) < 4.78 is 13.1. The molecule has 3 heteroatoms. The van der Waals surface area contributed by atoms with Crippen molar-refractivity contribution in [2.24, 2.45) is 0 Å². The van der Waals surface area contributed by atoms with Crippen molar-refractivity contribution in [1.29, 1.82) is 5.26 Å². The summed E-state index contributed by atoms with van der Waals surface area (Å²) in [7, 11) is 0. The molecule has 0 saturated heterocycles. The lowest BCUT2D eigenvalue weighted by atomic mass is 10.1. The molecule has 0 aliphatic heterocycles. The molecule has 0 aromatic heterocycles.